The third kappa shape index (κ3) is 7.38. The van der Waals surface area contributed by atoms with E-state index in [-0.39, 0.29) is 24.2 Å². The summed E-state index contributed by atoms with van der Waals surface area (Å²) in [5.74, 6) is 0.193. The highest BCUT2D eigenvalue weighted by atomic mass is 32.2. The van der Waals surface area contributed by atoms with Gasteiger partial charge in [-0.2, -0.15) is 0 Å². The summed E-state index contributed by atoms with van der Waals surface area (Å²) in [6.07, 6.45) is 2.18. The maximum Gasteiger partial charge on any atom is 0.244 e. The number of aryl methyl sites for hydroxylation is 1. The van der Waals surface area contributed by atoms with Gasteiger partial charge in [0.2, 0.25) is 21.8 Å². The number of sulfonamides is 1. The monoisotopic (exact) mass is 531 g/mol. The van der Waals surface area contributed by atoms with Gasteiger partial charge in [0, 0.05) is 18.7 Å². The summed E-state index contributed by atoms with van der Waals surface area (Å²) in [7, 11) is -3.84. The molecular weight excluding hydrogens is 494 g/mol. The predicted molar refractivity (Wildman–Crippen MR) is 143 cm³/mol. The largest absolute Gasteiger partial charge is 0.486 e. The van der Waals surface area contributed by atoms with Crippen molar-refractivity contribution in [1.82, 2.24) is 10.2 Å². The molecule has 202 valence electrons. The van der Waals surface area contributed by atoms with E-state index < -0.39 is 28.5 Å². The summed E-state index contributed by atoms with van der Waals surface area (Å²) in [5.41, 5.74) is 2.21. The molecule has 2 atom stereocenters. The van der Waals surface area contributed by atoms with Gasteiger partial charge in [-0.3, -0.25) is 13.9 Å². The molecule has 1 N–H and O–H groups in total. The van der Waals surface area contributed by atoms with Gasteiger partial charge in [0.15, 0.2) is 11.5 Å². The minimum Gasteiger partial charge on any atom is -0.486 e. The molecule has 0 saturated heterocycles. The minimum absolute atomic E-state index is 0.0527. The molecule has 0 aromatic heterocycles. The van der Waals surface area contributed by atoms with Crippen molar-refractivity contribution in [2.75, 3.05) is 30.3 Å². The molecule has 0 unspecified atom stereocenters. The van der Waals surface area contributed by atoms with Gasteiger partial charge in [0.05, 0.1) is 11.9 Å². The number of nitrogens with zero attached hydrogens (tertiary/aromatic N) is 2. The number of hydrogen-bond donors (Lipinski definition) is 1. The summed E-state index contributed by atoms with van der Waals surface area (Å²) < 4.78 is 37.8. The van der Waals surface area contributed by atoms with Crippen LogP contribution in [0.5, 0.6) is 11.5 Å². The number of ether oxygens (including phenoxy) is 2. The molecule has 2 aromatic rings. The zero-order valence-corrected chi connectivity index (χ0v) is 23.0. The molecule has 0 saturated carbocycles. The van der Waals surface area contributed by atoms with E-state index in [2.05, 4.69) is 5.32 Å². The zero-order chi connectivity index (χ0) is 27.2. The number of amides is 2. The average Bonchev–Trinajstić information content (AvgIpc) is 2.87. The van der Waals surface area contributed by atoms with Gasteiger partial charge in [-0.15, -0.1) is 0 Å². The number of nitrogens with one attached hydrogen (secondary N) is 1. The molecule has 0 spiro atoms. The summed E-state index contributed by atoms with van der Waals surface area (Å²) >= 11 is 0. The Hall–Kier alpha value is -3.27. The molecule has 1 heterocycles. The molecule has 3 rings (SSSR count). The van der Waals surface area contributed by atoms with E-state index in [1.54, 1.807) is 18.2 Å². The molecule has 37 heavy (non-hydrogen) atoms. The third-order valence-electron chi connectivity index (χ3n) is 6.35. The molecule has 1 aliphatic rings. The van der Waals surface area contributed by atoms with Gasteiger partial charge in [-0.1, -0.05) is 43.7 Å². The molecule has 10 heteroatoms. The first-order valence-electron chi connectivity index (χ1n) is 12.6. The highest BCUT2D eigenvalue weighted by Crippen LogP contribution is 2.34. The van der Waals surface area contributed by atoms with Crippen LogP contribution in [-0.4, -0.2) is 63.2 Å². The van der Waals surface area contributed by atoms with Gasteiger partial charge in [0.25, 0.3) is 0 Å². The molecular formula is C27H37N3O6S. The van der Waals surface area contributed by atoms with E-state index in [9.17, 15) is 18.0 Å². The minimum atomic E-state index is -3.84. The Labute approximate surface area is 219 Å². The molecule has 0 fully saturated rings. The van der Waals surface area contributed by atoms with Gasteiger partial charge in [-0.05, 0) is 44.4 Å². The predicted octanol–water partition coefficient (Wildman–Crippen LogP) is 3.25. The fourth-order valence-electron chi connectivity index (χ4n) is 4.05. The number of benzene rings is 2. The van der Waals surface area contributed by atoms with Crippen LogP contribution in [0.1, 0.15) is 44.7 Å². The highest BCUT2D eigenvalue weighted by molar-refractivity contribution is 7.92. The van der Waals surface area contributed by atoms with Crippen molar-refractivity contribution in [3.05, 3.63) is 53.6 Å². The van der Waals surface area contributed by atoms with E-state index >= 15 is 0 Å². The van der Waals surface area contributed by atoms with Crippen LogP contribution in [0.3, 0.4) is 0 Å². The Bertz CT molecular complexity index is 1200. The summed E-state index contributed by atoms with van der Waals surface area (Å²) in [4.78, 5) is 28.4. The van der Waals surface area contributed by atoms with E-state index in [1.807, 2.05) is 52.0 Å². The number of carbonyl (C=O) groups is 2. The Morgan fingerprint density at radius 1 is 1.00 bits per heavy atom. The molecule has 0 aliphatic carbocycles. The van der Waals surface area contributed by atoms with Crippen LogP contribution in [-0.2, 0) is 26.2 Å². The third-order valence-corrected chi connectivity index (χ3v) is 7.49. The van der Waals surface area contributed by atoms with Crippen molar-refractivity contribution in [3.63, 3.8) is 0 Å². The Kier molecular flexibility index (Phi) is 9.42. The second kappa shape index (κ2) is 12.3. The molecule has 0 radical (unpaired) electrons. The molecule has 2 aromatic carbocycles. The van der Waals surface area contributed by atoms with Crippen LogP contribution in [0.4, 0.5) is 5.69 Å². The number of fused-ring (bicyclic) bond motifs is 1. The van der Waals surface area contributed by atoms with Crippen LogP contribution in [0.25, 0.3) is 0 Å². The van der Waals surface area contributed by atoms with E-state index in [1.165, 1.54) is 4.90 Å². The van der Waals surface area contributed by atoms with Crippen LogP contribution in [0.15, 0.2) is 42.5 Å². The van der Waals surface area contributed by atoms with Crippen molar-refractivity contribution in [1.29, 1.82) is 0 Å². The lowest BCUT2D eigenvalue weighted by atomic mass is 10.1. The van der Waals surface area contributed by atoms with Gasteiger partial charge < -0.3 is 19.7 Å². The topological polar surface area (TPSA) is 105 Å². The molecule has 1 aliphatic heterocycles. The highest BCUT2D eigenvalue weighted by Gasteiger charge is 2.32. The lowest BCUT2D eigenvalue weighted by Gasteiger charge is -2.33. The normalized spacial score (nSPS) is 14.4. The van der Waals surface area contributed by atoms with Gasteiger partial charge >= 0.3 is 0 Å². The Balaban J connectivity index is 1.94. The fourth-order valence-corrected chi connectivity index (χ4v) is 4.89. The first kappa shape index (κ1) is 28.3. The quantitative estimate of drug-likeness (QED) is 0.477. The number of rotatable bonds is 11. The van der Waals surface area contributed by atoms with Crippen molar-refractivity contribution in [2.45, 2.75) is 59.2 Å². The lowest BCUT2D eigenvalue weighted by molar-refractivity contribution is -0.140. The summed E-state index contributed by atoms with van der Waals surface area (Å²) in [5, 5.41) is 2.97. The standard InChI is InChI=1S/C27H37N3O6S/c1-6-20(4)28-27(32)23(7-2)29(17-21-10-8-19(3)9-11-21)26(31)18-30(37(5,33)34)22-12-13-24-25(16-22)36-15-14-35-24/h8-13,16,20,23H,6-7,14-15,17-18H2,1-5H3,(H,28,32)/t20-,23-/m1/s1. The van der Waals surface area contributed by atoms with Crippen LogP contribution in [0.2, 0.25) is 0 Å². The van der Waals surface area contributed by atoms with Crippen LogP contribution >= 0.6 is 0 Å². The number of hydrogen-bond acceptors (Lipinski definition) is 6. The van der Waals surface area contributed by atoms with Crippen LogP contribution < -0.4 is 19.1 Å². The SMILES string of the molecule is CC[C@@H](C)NC(=O)[C@@H](CC)N(Cc1ccc(C)cc1)C(=O)CN(c1ccc2c(c1)OCCO2)S(C)(=O)=O. The Morgan fingerprint density at radius 2 is 1.65 bits per heavy atom. The maximum atomic E-state index is 13.8. The first-order valence-corrected chi connectivity index (χ1v) is 14.4. The zero-order valence-electron chi connectivity index (χ0n) is 22.2. The fraction of sp³-hybridized carbons (Fsp3) is 0.481. The van der Waals surface area contributed by atoms with Crippen molar-refractivity contribution >= 4 is 27.5 Å². The number of carbonyl (C=O) groups excluding carboxylic acids is 2. The molecule has 0 bridgehead atoms. The van der Waals surface area contributed by atoms with Gasteiger partial charge in [0.1, 0.15) is 25.8 Å². The lowest BCUT2D eigenvalue weighted by Crippen LogP contribution is -2.53. The summed E-state index contributed by atoms with van der Waals surface area (Å²) in [6.45, 7) is 8.15. The smallest absolute Gasteiger partial charge is 0.244 e. The van der Waals surface area contributed by atoms with Crippen molar-refractivity contribution in [2.24, 2.45) is 0 Å². The second-order valence-electron chi connectivity index (χ2n) is 9.35. The van der Waals surface area contributed by atoms with E-state index in [0.717, 1.165) is 28.1 Å². The molecule has 2 amide bonds. The van der Waals surface area contributed by atoms with Crippen molar-refractivity contribution < 1.29 is 27.5 Å². The van der Waals surface area contributed by atoms with Crippen molar-refractivity contribution in [3.8, 4) is 11.5 Å². The molecule has 9 nitrogen and oxygen atoms in total. The average molecular weight is 532 g/mol. The van der Waals surface area contributed by atoms with Gasteiger partial charge in [-0.25, -0.2) is 8.42 Å². The Morgan fingerprint density at radius 3 is 2.24 bits per heavy atom. The van der Waals surface area contributed by atoms with E-state index in [4.69, 9.17) is 9.47 Å². The summed E-state index contributed by atoms with van der Waals surface area (Å²) in [6, 6.07) is 11.7. The maximum absolute atomic E-state index is 13.8. The second-order valence-corrected chi connectivity index (χ2v) is 11.3. The number of anilines is 1. The van der Waals surface area contributed by atoms with Crippen LogP contribution in [0, 0.1) is 6.92 Å². The van der Waals surface area contributed by atoms with E-state index in [0.29, 0.717) is 31.1 Å². The first-order chi connectivity index (χ1) is 17.5.